The van der Waals surface area contributed by atoms with Gasteiger partial charge in [-0.1, -0.05) is 0 Å². The molecule has 1 aliphatic heterocycles. The molecule has 68 valence electrons. The molecular formula is C5H11ClO5. The molecule has 6 heteroatoms. The molecule has 1 aliphatic rings. The van der Waals surface area contributed by atoms with Gasteiger partial charge in [0.1, 0.15) is 18.3 Å². The lowest BCUT2D eigenvalue weighted by molar-refractivity contribution is -0.132. The highest BCUT2D eigenvalue weighted by atomic mass is 35.5. The van der Waals surface area contributed by atoms with Crippen LogP contribution in [-0.4, -0.2) is 51.6 Å². The lowest BCUT2D eigenvalue weighted by Crippen LogP contribution is -2.33. The summed E-state index contributed by atoms with van der Waals surface area (Å²) in [4.78, 5) is 0. The molecule has 0 spiro atoms. The van der Waals surface area contributed by atoms with Crippen molar-refractivity contribution in [3.8, 4) is 0 Å². The minimum absolute atomic E-state index is 0. The van der Waals surface area contributed by atoms with Crippen LogP contribution in [0.5, 0.6) is 0 Å². The van der Waals surface area contributed by atoms with Gasteiger partial charge in [0, 0.05) is 0 Å². The smallest absolute Gasteiger partial charge is 0.184 e. The third-order valence-electron chi connectivity index (χ3n) is 1.52. The van der Waals surface area contributed by atoms with Crippen molar-refractivity contribution in [2.24, 2.45) is 0 Å². The molecule has 4 atom stereocenters. The zero-order valence-corrected chi connectivity index (χ0v) is 6.44. The Balaban J connectivity index is 0.000001000. The van der Waals surface area contributed by atoms with E-state index < -0.39 is 31.2 Å². The molecule has 1 saturated heterocycles. The summed E-state index contributed by atoms with van der Waals surface area (Å²) < 4.78 is 4.54. The van der Waals surface area contributed by atoms with Crippen molar-refractivity contribution in [2.45, 2.75) is 24.6 Å². The first kappa shape index (κ1) is 11.1. The maximum absolute atomic E-state index is 8.93. The Bertz CT molecular complexity index is 121. The molecule has 0 aliphatic carbocycles. The number of rotatable bonds is 1. The molecule has 1 fully saturated rings. The number of hydrogen-bond acceptors (Lipinski definition) is 5. The minimum atomic E-state index is -1.38. The van der Waals surface area contributed by atoms with Crippen molar-refractivity contribution < 1.29 is 25.2 Å². The molecular weight excluding hydrogens is 176 g/mol. The highest BCUT2D eigenvalue weighted by molar-refractivity contribution is 5.85. The summed E-state index contributed by atoms with van der Waals surface area (Å²) in [5.41, 5.74) is 0. The van der Waals surface area contributed by atoms with Gasteiger partial charge in [0.2, 0.25) is 0 Å². The first-order valence-corrected chi connectivity index (χ1v) is 2.97. The Kier molecular flexibility index (Phi) is 4.23. The van der Waals surface area contributed by atoms with E-state index in [2.05, 4.69) is 4.74 Å². The van der Waals surface area contributed by atoms with E-state index in [1.807, 2.05) is 0 Å². The summed E-state index contributed by atoms with van der Waals surface area (Å²) in [6, 6.07) is 0. The predicted octanol–water partition coefficient (Wildman–Crippen LogP) is -2.16. The van der Waals surface area contributed by atoms with E-state index in [-0.39, 0.29) is 12.4 Å². The molecule has 0 amide bonds. The van der Waals surface area contributed by atoms with Crippen molar-refractivity contribution in [3.63, 3.8) is 0 Å². The van der Waals surface area contributed by atoms with E-state index in [0.717, 1.165) is 0 Å². The van der Waals surface area contributed by atoms with Gasteiger partial charge in [-0.05, 0) is 0 Å². The van der Waals surface area contributed by atoms with Crippen LogP contribution in [0.1, 0.15) is 0 Å². The highest BCUT2D eigenvalue weighted by Gasteiger charge is 2.41. The Labute approximate surface area is 69.6 Å². The number of aliphatic hydroxyl groups excluding tert-OH is 4. The van der Waals surface area contributed by atoms with Crippen molar-refractivity contribution >= 4 is 12.4 Å². The predicted molar refractivity (Wildman–Crippen MR) is 37.2 cm³/mol. The number of hydrogen-bond donors (Lipinski definition) is 4. The van der Waals surface area contributed by atoms with Gasteiger partial charge in [-0.3, -0.25) is 0 Å². The zero-order valence-electron chi connectivity index (χ0n) is 5.62. The summed E-state index contributed by atoms with van der Waals surface area (Å²) in [5.74, 6) is 0. The van der Waals surface area contributed by atoms with E-state index in [1.165, 1.54) is 0 Å². The van der Waals surface area contributed by atoms with Crippen LogP contribution in [-0.2, 0) is 4.74 Å². The molecule has 4 N–H and O–H groups in total. The van der Waals surface area contributed by atoms with Crippen LogP contribution < -0.4 is 0 Å². The second kappa shape index (κ2) is 4.20. The van der Waals surface area contributed by atoms with Crippen LogP contribution in [0.2, 0.25) is 0 Å². The summed E-state index contributed by atoms with van der Waals surface area (Å²) in [6.07, 6.45) is -4.76. The second-order valence-corrected chi connectivity index (χ2v) is 2.23. The fourth-order valence-electron chi connectivity index (χ4n) is 0.880. The van der Waals surface area contributed by atoms with Crippen LogP contribution >= 0.6 is 12.4 Å². The van der Waals surface area contributed by atoms with E-state index in [0.29, 0.717) is 0 Å². The van der Waals surface area contributed by atoms with Crippen LogP contribution in [0.25, 0.3) is 0 Å². The van der Waals surface area contributed by atoms with E-state index in [4.69, 9.17) is 20.4 Å². The molecule has 11 heavy (non-hydrogen) atoms. The molecule has 5 nitrogen and oxygen atoms in total. The third-order valence-corrected chi connectivity index (χ3v) is 1.52. The van der Waals surface area contributed by atoms with Crippen LogP contribution in [0, 0.1) is 0 Å². The fourth-order valence-corrected chi connectivity index (χ4v) is 0.880. The van der Waals surface area contributed by atoms with Gasteiger partial charge in [0.05, 0.1) is 6.61 Å². The molecule has 0 aromatic rings. The highest BCUT2D eigenvalue weighted by Crippen LogP contribution is 2.18. The molecule has 0 radical (unpaired) electrons. The maximum Gasteiger partial charge on any atom is 0.184 e. The Hall–Kier alpha value is 0.0900. The van der Waals surface area contributed by atoms with E-state index in [1.54, 1.807) is 0 Å². The molecule has 0 bridgehead atoms. The van der Waals surface area contributed by atoms with Gasteiger partial charge in [0.25, 0.3) is 0 Å². The first-order valence-electron chi connectivity index (χ1n) is 2.97. The molecule has 1 unspecified atom stereocenters. The fraction of sp³-hybridized carbons (Fsp3) is 1.00. The van der Waals surface area contributed by atoms with Crippen molar-refractivity contribution in [3.05, 3.63) is 0 Å². The summed E-state index contributed by atoms with van der Waals surface area (Å²) in [7, 11) is 0. The molecule has 1 heterocycles. The number of ether oxygens (including phenoxy) is 1. The Morgan fingerprint density at radius 2 is 1.64 bits per heavy atom. The molecule has 0 saturated carbocycles. The number of aliphatic hydroxyl groups is 4. The van der Waals surface area contributed by atoms with Crippen molar-refractivity contribution in [2.75, 3.05) is 6.61 Å². The monoisotopic (exact) mass is 186 g/mol. The van der Waals surface area contributed by atoms with Gasteiger partial charge in [0.15, 0.2) is 6.29 Å². The topological polar surface area (TPSA) is 90.2 Å². The quantitative estimate of drug-likeness (QED) is 0.375. The maximum atomic E-state index is 8.93. The normalized spacial score (nSPS) is 43.6. The van der Waals surface area contributed by atoms with Gasteiger partial charge < -0.3 is 25.2 Å². The summed E-state index contributed by atoms with van der Waals surface area (Å²) in [5, 5.41) is 35.0. The van der Waals surface area contributed by atoms with Crippen LogP contribution in [0.15, 0.2) is 0 Å². The average molecular weight is 187 g/mol. The Morgan fingerprint density at radius 1 is 1.09 bits per heavy atom. The second-order valence-electron chi connectivity index (χ2n) is 2.23. The first-order chi connectivity index (χ1) is 4.66. The van der Waals surface area contributed by atoms with Gasteiger partial charge in [-0.15, -0.1) is 12.4 Å². The largest absolute Gasteiger partial charge is 0.394 e. The average Bonchev–Trinajstić information content (AvgIpc) is 2.17. The Morgan fingerprint density at radius 3 is 1.82 bits per heavy atom. The molecule has 1 rings (SSSR count). The van der Waals surface area contributed by atoms with Crippen molar-refractivity contribution in [1.29, 1.82) is 0 Å². The number of halogens is 1. The lowest BCUT2D eigenvalue weighted by atomic mass is 10.1. The van der Waals surface area contributed by atoms with Gasteiger partial charge in [-0.25, -0.2) is 0 Å². The van der Waals surface area contributed by atoms with Crippen molar-refractivity contribution in [1.82, 2.24) is 0 Å². The molecule has 0 aromatic carbocycles. The van der Waals surface area contributed by atoms with Crippen LogP contribution in [0.4, 0.5) is 0 Å². The molecule has 0 aromatic heterocycles. The zero-order chi connectivity index (χ0) is 7.72. The van der Waals surface area contributed by atoms with E-state index in [9.17, 15) is 0 Å². The third kappa shape index (κ3) is 2.02. The summed E-state index contributed by atoms with van der Waals surface area (Å²) in [6.45, 7) is -0.407. The minimum Gasteiger partial charge on any atom is -0.394 e. The van der Waals surface area contributed by atoms with Gasteiger partial charge in [-0.2, -0.15) is 0 Å². The SMILES string of the molecule is Cl.OC[C@H]1OC(O)[C@H](O)[C@@H]1O. The lowest BCUT2D eigenvalue weighted by Gasteiger charge is -2.09. The van der Waals surface area contributed by atoms with Crippen LogP contribution in [0.3, 0.4) is 0 Å². The summed E-state index contributed by atoms with van der Waals surface area (Å²) >= 11 is 0. The standard InChI is InChI=1S/C5H10O5.ClH/c6-1-2-3(7)4(8)5(9)10-2;/h2-9H,1H2;1H/t2-,3-,4-,5?;/m1./s1. The van der Waals surface area contributed by atoms with E-state index >= 15 is 0 Å². The van der Waals surface area contributed by atoms with Gasteiger partial charge >= 0.3 is 0 Å².